The predicted molar refractivity (Wildman–Crippen MR) is 120 cm³/mol. The van der Waals surface area contributed by atoms with E-state index in [-0.39, 0.29) is 34.4 Å². The molecule has 1 aromatic carbocycles. The first-order chi connectivity index (χ1) is 15.1. The number of nitrogens with zero attached hydrogens (tertiary/aromatic N) is 4. The summed E-state index contributed by atoms with van der Waals surface area (Å²) in [4.78, 5) is 28.8. The number of hydrogen-bond acceptors (Lipinski definition) is 8. The van der Waals surface area contributed by atoms with E-state index in [0.717, 1.165) is 21.2 Å². The third-order valence-corrected chi connectivity index (χ3v) is 7.10. The predicted octanol–water partition coefficient (Wildman–Crippen LogP) is 2.37. The fraction of sp³-hybridized carbons (Fsp3) is 0.300. The Hall–Kier alpha value is -3.25. The molecule has 0 fully saturated rings. The summed E-state index contributed by atoms with van der Waals surface area (Å²) in [6.07, 6.45) is 1.29. The van der Waals surface area contributed by atoms with Gasteiger partial charge in [0, 0.05) is 19.5 Å². The van der Waals surface area contributed by atoms with Crippen LogP contribution in [0.5, 0.6) is 0 Å². The number of carbonyl (C=O) groups is 2. The number of anilines is 2. The normalized spacial score (nSPS) is 11.2. The Labute approximate surface area is 189 Å². The largest absolute Gasteiger partial charge is 0.466 e. The number of ether oxygens (including phenoxy) is 1. The number of hydrogen-bond donors (Lipinski definition) is 1. The number of sulfonamides is 1. The number of amides is 1. The molecule has 10 nitrogen and oxygen atoms in total. The van der Waals surface area contributed by atoms with Crippen LogP contribution in [0.4, 0.5) is 10.9 Å². The number of benzene rings is 1. The maximum atomic E-state index is 13.1. The van der Waals surface area contributed by atoms with Gasteiger partial charge in [-0.05, 0) is 26.0 Å². The minimum atomic E-state index is -3.92. The van der Waals surface area contributed by atoms with E-state index in [1.54, 1.807) is 31.5 Å². The summed E-state index contributed by atoms with van der Waals surface area (Å²) in [5, 5.41) is 8.61. The molecule has 0 saturated carbocycles. The standard InChI is InChI=1S/C20H23N5O5S2/c1-5-30-17(26)10-14-12-31-20(22-14)23-18(27)16-11-21-24(3)19(16)25(4)32(28,29)15-8-6-13(2)7-9-15/h6-9,11-12H,5,10H2,1-4H3,(H,22,23,27). The lowest BCUT2D eigenvalue weighted by molar-refractivity contribution is -0.142. The van der Waals surface area contributed by atoms with Gasteiger partial charge in [-0.1, -0.05) is 17.7 Å². The summed E-state index contributed by atoms with van der Waals surface area (Å²) >= 11 is 1.15. The second-order valence-corrected chi connectivity index (χ2v) is 9.70. The van der Waals surface area contributed by atoms with Gasteiger partial charge in [0.1, 0.15) is 5.56 Å². The monoisotopic (exact) mass is 477 g/mol. The molecule has 12 heteroatoms. The molecule has 3 rings (SSSR count). The summed E-state index contributed by atoms with van der Waals surface area (Å²) in [5.41, 5.74) is 1.46. The van der Waals surface area contributed by atoms with Gasteiger partial charge in [-0.3, -0.25) is 23.9 Å². The van der Waals surface area contributed by atoms with Gasteiger partial charge in [0.2, 0.25) is 0 Å². The first kappa shape index (κ1) is 23.4. The zero-order valence-corrected chi connectivity index (χ0v) is 19.7. The van der Waals surface area contributed by atoms with E-state index in [2.05, 4.69) is 15.4 Å². The van der Waals surface area contributed by atoms with Crippen LogP contribution in [-0.2, 0) is 33.0 Å². The number of esters is 1. The summed E-state index contributed by atoms with van der Waals surface area (Å²) < 4.78 is 33.4. The maximum Gasteiger partial charge on any atom is 0.311 e. The van der Waals surface area contributed by atoms with E-state index in [4.69, 9.17) is 4.74 Å². The van der Waals surface area contributed by atoms with Gasteiger partial charge >= 0.3 is 5.97 Å². The van der Waals surface area contributed by atoms with Gasteiger partial charge in [0.05, 0.1) is 29.8 Å². The second-order valence-electron chi connectivity index (χ2n) is 6.87. The fourth-order valence-corrected chi connectivity index (χ4v) is 4.86. The summed E-state index contributed by atoms with van der Waals surface area (Å²) in [6.45, 7) is 3.85. The Morgan fingerprint density at radius 2 is 1.94 bits per heavy atom. The minimum absolute atomic E-state index is 0.00408. The maximum absolute atomic E-state index is 13.1. The third-order valence-electron chi connectivity index (χ3n) is 4.53. The molecule has 3 aromatic rings. The molecule has 0 aliphatic carbocycles. The van der Waals surface area contributed by atoms with Crippen molar-refractivity contribution in [3.8, 4) is 0 Å². The van der Waals surface area contributed by atoms with Gasteiger partial charge in [0.15, 0.2) is 10.9 Å². The van der Waals surface area contributed by atoms with E-state index in [9.17, 15) is 18.0 Å². The van der Waals surface area contributed by atoms with E-state index in [0.29, 0.717) is 5.69 Å². The van der Waals surface area contributed by atoms with Crippen LogP contribution >= 0.6 is 11.3 Å². The Balaban J connectivity index is 1.82. The van der Waals surface area contributed by atoms with Crippen LogP contribution in [-0.4, -0.2) is 48.7 Å². The van der Waals surface area contributed by atoms with Crippen LogP contribution in [0.2, 0.25) is 0 Å². The lowest BCUT2D eigenvalue weighted by Crippen LogP contribution is -2.30. The highest BCUT2D eigenvalue weighted by atomic mass is 32.2. The molecule has 0 unspecified atom stereocenters. The molecule has 32 heavy (non-hydrogen) atoms. The smallest absolute Gasteiger partial charge is 0.311 e. The molecule has 170 valence electrons. The van der Waals surface area contributed by atoms with Crippen LogP contribution in [0.1, 0.15) is 28.5 Å². The minimum Gasteiger partial charge on any atom is -0.466 e. The molecule has 0 aliphatic rings. The summed E-state index contributed by atoms with van der Waals surface area (Å²) in [7, 11) is -1.00. The van der Waals surface area contributed by atoms with Crippen molar-refractivity contribution in [2.45, 2.75) is 25.2 Å². The highest BCUT2D eigenvalue weighted by molar-refractivity contribution is 7.92. The lowest BCUT2D eigenvalue weighted by Gasteiger charge is -2.20. The lowest BCUT2D eigenvalue weighted by atomic mass is 10.2. The van der Waals surface area contributed by atoms with Crippen molar-refractivity contribution in [1.82, 2.24) is 14.8 Å². The topological polar surface area (TPSA) is 123 Å². The second kappa shape index (κ2) is 9.49. The van der Waals surface area contributed by atoms with Gasteiger partial charge in [-0.25, -0.2) is 13.4 Å². The molecule has 2 heterocycles. The fourth-order valence-electron chi connectivity index (χ4n) is 2.92. The summed E-state index contributed by atoms with van der Waals surface area (Å²) in [6, 6.07) is 6.43. The first-order valence-corrected chi connectivity index (χ1v) is 11.9. The number of nitrogens with one attached hydrogen (secondary N) is 1. The quantitative estimate of drug-likeness (QED) is 0.494. The molecule has 0 spiro atoms. The van der Waals surface area contributed by atoms with Crippen molar-refractivity contribution in [2.75, 3.05) is 23.3 Å². The third kappa shape index (κ3) is 4.97. The molecular weight excluding hydrogens is 454 g/mol. The number of aryl methyl sites for hydroxylation is 2. The Morgan fingerprint density at radius 1 is 1.25 bits per heavy atom. The zero-order chi connectivity index (χ0) is 23.5. The van der Waals surface area contributed by atoms with Gasteiger partial charge in [-0.2, -0.15) is 5.10 Å². The molecule has 0 atom stereocenters. The van der Waals surface area contributed by atoms with Crippen LogP contribution in [0.25, 0.3) is 0 Å². The van der Waals surface area contributed by atoms with Crippen molar-refractivity contribution in [1.29, 1.82) is 0 Å². The zero-order valence-electron chi connectivity index (χ0n) is 18.0. The molecule has 0 bridgehead atoms. The van der Waals surface area contributed by atoms with Crippen LogP contribution < -0.4 is 9.62 Å². The van der Waals surface area contributed by atoms with E-state index in [1.165, 1.54) is 30.1 Å². The number of rotatable bonds is 8. The molecule has 2 aromatic heterocycles. The molecule has 1 N–H and O–H groups in total. The number of aromatic nitrogens is 3. The van der Waals surface area contributed by atoms with Crippen molar-refractivity contribution in [3.05, 3.63) is 52.7 Å². The molecule has 0 radical (unpaired) electrons. The number of carbonyl (C=O) groups excluding carboxylic acids is 2. The highest BCUT2D eigenvalue weighted by Crippen LogP contribution is 2.27. The van der Waals surface area contributed by atoms with Gasteiger partial charge < -0.3 is 4.74 Å². The Morgan fingerprint density at radius 3 is 2.59 bits per heavy atom. The van der Waals surface area contributed by atoms with Crippen LogP contribution in [0.3, 0.4) is 0 Å². The molecule has 1 amide bonds. The molecular formula is C20H23N5O5S2. The van der Waals surface area contributed by atoms with Crippen molar-refractivity contribution in [3.63, 3.8) is 0 Å². The van der Waals surface area contributed by atoms with Crippen LogP contribution in [0, 0.1) is 6.92 Å². The average molecular weight is 478 g/mol. The molecule has 0 saturated heterocycles. The Bertz CT molecular complexity index is 1230. The van der Waals surface area contributed by atoms with E-state index in [1.807, 2.05) is 6.92 Å². The van der Waals surface area contributed by atoms with Crippen molar-refractivity contribution < 1.29 is 22.7 Å². The first-order valence-electron chi connectivity index (χ1n) is 9.62. The number of thiazole rings is 1. The Kier molecular flexibility index (Phi) is 6.94. The summed E-state index contributed by atoms with van der Waals surface area (Å²) in [5.74, 6) is -0.879. The van der Waals surface area contributed by atoms with Gasteiger partial charge in [0.25, 0.3) is 15.9 Å². The van der Waals surface area contributed by atoms with Gasteiger partial charge in [-0.15, -0.1) is 11.3 Å². The SMILES string of the molecule is CCOC(=O)Cc1csc(NC(=O)c2cnn(C)c2N(C)S(=O)(=O)c2ccc(C)cc2)n1. The van der Waals surface area contributed by atoms with Crippen molar-refractivity contribution >= 4 is 44.2 Å². The van der Waals surface area contributed by atoms with E-state index < -0.39 is 21.9 Å². The highest BCUT2D eigenvalue weighted by Gasteiger charge is 2.29. The van der Waals surface area contributed by atoms with Crippen LogP contribution in [0.15, 0.2) is 40.7 Å². The van der Waals surface area contributed by atoms with Crippen molar-refractivity contribution in [2.24, 2.45) is 7.05 Å². The van der Waals surface area contributed by atoms with E-state index >= 15 is 0 Å². The average Bonchev–Trinajstić information content (AvgIpc) is 3.33. The molecule has 0 aliphatic heterocycles.